The molecule has 0 unspecified atom stereocenters. The lowest BCUT2D eigenvalue weighted by Gasteiger charge is -2.22. The van der Waals surface area contributed by atoms with Gasteiger partial charge in [0, 0.05) is 12.6 Å². The first-order chi connectivity index (χ1) is 10.4. The van der Waals surface area contributed by atoms with Gasteiger partial charge in [0.1, 0.15) is 11.5 Å². The van der Waals surface area contributed by atoms with E-state index in [0.717, 1.165) is 24.0 Å². The molecule has 0 bridgehead atoms. The van der Waals surface area contributed by atoms with Gasteiger partial charge in [-0.1, -0.05) is 11.2 Å². The number of hydrogen-bond acceptors (Lipinski definition) is 4. The van der Waals surface area contributed by atoms with Crippen LogP contribution in [0.4, 0.5) is 0 Å². The smallest absolute Gasteiger partial charge is 0.243 e. The van der Waals surface area contributed by atoms with E-state index in [-0.39, 0.29) is 6.04 Å². The van der Waals surface area contributed by atoms with Crippen LogP contribution >= 0.6 is 0 Å². The van der Waals surface area contributed by atoms with Gasteiger partial charge < -0.3 is 4.52 Å². The van der Waals surface area contributed by atoms with Crippen molar-refractivity contribution in [1.82, 2.24) is 9.46 Å². The third-order valence-electron chi connectivity index (χ3n) is 4.28. The third-order valence-corrected chi connectivity index (χ3v) is 6.18. The molecule has 0 spiro atoms. The van der Waals surface area contributed by atoms with E-state index in [1.165, 1.54) is 0 Å². The molecule has 5 nitrogen and oxygen atoms in total. The van der Waals surface area contributed by atoms with Gasteiger partial charge in [0.05, 0.1) is 10.9 Å². The molecule has 2 heterocycles. The van der Waals surface area contributed by atoms with Crippen molar-refractivity contribution < 1.29 is 12.9 Å². The standard InChI is InChI=1S/C16H20N2O3S/c1-11-6-7-14(9-12(11)2)22(19,20)18-8-4-5-16(18)15-10-13(3)21-17-15/h6-7,9-10,16H,4-5,8H2,1-3H3/t16-/m0/s1. The Balaban J connectivity index is 1.98. The molecule has 0 aliphatic carbocycles. The highest BCUT2D eigenvalue weighted by Crippen LogP contribution is 2.36. The number of rotatable bonds is 3. The normalized spacial score (nSPS) is 19.7. The zero-order valence-electron chi connectivity index (χ0n) is 13.0. The lowest BCUT2D eigenvalue weighted by atomic mass is 10.1. The van der Waals surface area contributed by atoms with Crippen LogP contribution in [0.5, 0.6) is 0 Å². The van der Waals surface area contributed by atoms with Gasteiger partial charge >= 0.3 is 0 Å². The Morgan fingerprint density at radius 3 is 2.59 bits per heavy atom. The van der Waals surface area contributed by atoms with Crippen molar-refractivity contribution in [2.75, 3.05) is 6.54 Å². The molecular formula is C16H20N2O3S. The lowest BCUT2D eigenvalue weighted by molar-refractivity contribution is 0.349. The quantitative estimate of drug-likeness (QED) is 0.871. The van der Waals surface area contributed by atoms with Crippen molar-refractivity contribution >= 4 is 10.0 Å². The van der Waals surface area contributed by atoms with Crippen LogP contribution in [0.1, 0.15) is 41.5 Å². The largest absolute Gasteiger partial charge is 0.361 e. The number of sulfonamides is 1. The summed E-state index contributed by atoms with van der Waals surface area (Å²) in [6, 6.07) is 6.87. The molecule has 3 rings (SSSR count). The number of nitrogens with zero attached hydrogens (tertiary/aromatic N) is 2. The van der Waals surface area contributed by atoms with Crippen LogP contribution in [0.3, 0.4) is 0 Å². The van der Waals surface area contributed by atoms with Crippen molar-refractivity contribution in [1.29, 1.82) is 0 Å². The van der Waals surface area contributed by atoms with Gasteiger partial charge in [0.2, 0.25) is 10.0 Å². The first-order valence-corrected chi connectivity index (χ1v) is 8.86. The zero-order chi connectivity index (χ0) is 15.9. The van der Waals surface area contributed by atoms with E-state index in [9.17, 15) is 8.42 Å². The molecule has 0 radical (unpaired) electrons. The minimum atomic E-state index is -3.51. The molecule has 118 valence electrons. The molecule has 1 atom stereocenters. The third kappa shape index (κ3) is 2.57. The fraction of sp³-hybridized carbons (Fsp3) is 0.438. The summed E-state index contributed by atoms with van der Waals surface area (Å²) in [4.78, 5) is 0.350. The summed E-state index contributed by atoms with van der Waals surface area (Å²) >= 11 is 0. The van der Waals surface area contributed by atoms with Crippen LogP contribution in [0, 0.1) is 20.8 Å². The molecule has 22 heavy (non-hydrogen) atoms. The summed E-state index contributed by atoms with van der Waals surface area (Å²) in [6.07, 6.45) is 1.61. The second-order valence-corrected chi connectivity index (χ2v) is 7.77. The topological polar surface area (TPSA) is 63.4 Å². The maximum absolute atomic E-state index is 13.0. The summed E-state index contributed by atoms with van der Waals surface area (Å²) in [6.45, 7) is 6.23. The number of hydrogen-bond donors (Lipinski definition) is 0. The van der Waals surface area contributed by atoms with E-state index >= 15 is 0 Å². The molecule has 1 saturated heterocycles. The van der Waals surface area contributed by atoms with Crippen molar-refractivity contribution in [3.05, 3.63) is 46.8 Å². The van der Waals surface area contributed by atoms with E-state index in [1.807, 2.05) is 32.9 Å². The van der Waals surface area contributed by atoms with E-state index in [4.69, 9.17) is 4.52 Å². The van der Waals surface area contributed by atoms with Crippen molar-refractivity contribution in [3.8, 4) is 0 Å². The Hall–Kier alpha value is -1.66. The van der Waals surface area contributed by atoms with Crippen LogP contribution < -0.4 is 0 Å². The number of aryl methyl sites for hydroxylation is 3. The van der Waals surface area contributed by atoms with E-state index < -0.39 is 10.0 Å². The minimum absolute atomic E-state index is 0.232. The van der Waals surface area contributed by atoms with E-state index in [1.54, 1.807) is 16.4 Å². The summed E-state index contributed by atoms with van der Waals surface area (Å²) in [5.41, 5.74) is 2.76. The molecule has 6 heteroatoms. The Kier molecular flexibility index (Phi) is 3.82. The van der Waals surface area contributed by atoms with Gasteiger partial charge in [-0.15, -0.1) is 0 Å². The molecule has 1 aliphatic rings. The maximum atomic E-state index is 13.0. The lowest BCUT2D eigenvalue weighted by Crippen LogP contribution is -2.31. The van der Waals surface area contributed by atoms with Gasteiger partial charge in [0.15, 0.2) is 0 Å². The number of aromatic nitrogens is 1. The Labute approximate surface area is 131 Å². The average molecular weight is 320 g/mol. The highest BCUT2D eigenvalue weighted by Gasteiger charge is 2.37. The molecule has 0 N–H and O–H groups in total. The molecule has 1 aliphatic heterocycles. The monoisotopic (exact) mass is 320 g/mol. The number of benzene rings is 1. The second kappa shape index (κ2) is 5.52. The van der Waals surface area contributed by atoms with Gasteiger partial charge in [0.25, 0.3) is 0 Å². The summed E-state index contributed by atoms with van der Waals surface area (Å²) in [5.74, 6) is 0.699. The molecular weight excluding hydrogens is 300 g/mol. The van der Waals surface area contributed by atoms with Crippen molar-refractivity contribution in [2.24, 2.45) is 0 Å². The fourth-order valence-corrected chi connectivity index (χ4v) is 4.63. The molecule has 2 aromatic rings. The Morgan fingerprint density at radius 1 is 1.18 bits per heavy atom. The van der Waals surface area contributed by atoms with Crippen LogP contribution in [0.25, 0.3) is 0 Å². The summed E-state index contributed by atoms with van der Waals surface area (Å²) in [7, 11) is -3.51. The van der Waals surface area contributed by atoms with Crippen LogP contribution in [0.15, 0.2) is 33.7 Å². The Bertz CT molecular complexity index is 795. The predicted molar refractivity (Wildman–Crippen MR) is 83.0 cm³/mol. The molecule has 1 fully saturated rings. The fourth-order valence-electron chi connectivity index (χ4n) is 2.88. The molecule has 1 aromatic carbocycles. The van der Waals surface area contributed by atoms with E-state index in [2.05, 4.69) is 5.16 Å². The summed E-state index contributed by atoms with van der Waals surface area (Å²) in [5, 5.41) is 4.01. The first kappa shape index (κ1) is 15.2. The van der Waals surface area contributed by atoms with Crippen molar-refractivity contribution in [3.63, 3.8) is 0 Å². The summed E-state index contributed by atoms with van der Waals surface area (Å²) < 4.78 is 32.6. The minimum Gasteiger partial charge on any atom is -0.361 e. The average Bonchev–Trinajstić information content (AvgIpc) is 3.10. The van der Waals surface area contributed by atoms with Crippen LogP contribution in [-0.2, 0) is 10.0 Å². The highest BCUT2D eigenvalue weighted by molar-refractivity contribution is 7.89. The van der Waals surface area contributed by atoms with E-state index in [0.29, 0.717) is 22.9 Å². The van der Waals surface area contributed by atoms with Crippen molar-refractivity contribution in [2.45, 2.75) is 44.6 Å². The van der Waals surface area contributed by atoms with Gasteiger partial charge in [-0.2, -0.15) is 4.31 Å². The molecule has 0 amide bonds. The maximum Gasteiger partial charge on any atom is 0.243 e. The molecule has 0 saturated carbocycles. The molecule has 1 aromatic heterocycles. The highest BCUT2D eigenvalue weighted by atomic mass is 32.2. The van der Waals surface area contributed by atoms with Crippen LogP contribution in [0.2, 0.25) is 0 Å². The van der Waals surface area contributed by atoms with Gasteiger partial charge in [-0.05, 0) is 56.9 Å². The SMILES string of the molecule is Cc1cc([C@@H]2CCCN2S(=O)(=O)c2ccc(C)c(C)c2)no1. The van der Waals surface area contributed by atoms with Gasteiger partial charge in [-0.3, -0.25) is 0 Å². The predicted octanol–water partition coefficient (Wildman–Crippen LogP) is 3.13. The van der Waals surface area contributed by atoms with Crippen LogP contribution in [-0.4, -0.2) is 24.4 Å². The Morgan fingerprint density at radius 2 is 1.95 bits per heavy atom. The van der Waals surface area contributed by atoms with Gasteiger partial charge in [-0.25, -0.2) is 8.42 Å². The second-order valence-electron chi connectivity index (χ2n) is 5.88. The first-order valence-electron chi connectivity index (χ1n) is 7.42. The zero-order valence-corrected chi connectivity index (χ0v) is 13.9.